The van der Waals surface area contributed by atoms with Crippen LogP contribution in [0, 0.1) is 0 Å². The van der Waals surface area contributed by atoms with E-state index in [1.54, 1.807) is 18.3 Å². The molecular weight excluding hydrogens is 574 g/mol. The monoisotopic (exact) mass is 603 g/mol. The van der Waals surface area contributed by atoms with Gasteiger partial charge in [-0.15, -0.1) is 11.3 Å². The smallest absolute Gasteiger partial charge is 0.377 e. The quantitative estimate of drug-likeness (QED) is 0.211. The van der Waals surface area contributed by atoms with Crippen molar-refractivity contribution < 1.29 is 44.0 Å². The van der Waals surface area contributed by atoms with Crippen LogP contribution in [0.2, 0.25) is 0 Å². The molecule has 3 atom stereocenters. The summed E-state index contributed by atoms with van der Waals surface area (Å²) in [6, 6.07) is 24.9. The van der Waals surface area contributed by atoms with Crippen LogP contribution in [-0.4, -0.2) is 75.1 Å². The Bertz CT molecular complexity index is 1640. The zero-order valence-electron chi connectivity index (χ0n) is 23.1. The summed E-state index contributed by atoms with van der Waals surface area (Å²) in [5.74, 6) is -9.46. The molecule has 5 rings (SSSR count). The summed E-state index contributed by atoms with van der Waals surface area (Å²) in [5.41, 5.74) is 3.91. The first kappa shape index (κ1) is 29.9. The lowest BCUT2D eigenvalue weighted by Crippen LogP contribution is -2.52. The Hall–Kier alpha value is -4.58. The number of carbonyl (C=O) groups excluding carboxylic acids is 1. The molecule has 3 N–H and O–H groups in total. The molecule has 1 aromatic heterocycles. The molecule has 11 heteroatoms. The van der Waals surface area contributed by atoms with Gasteiger partial charge in [0.1, 0.15) is 6.54 Å². The van der Waals surface area contributed by atoms with Crippen molar-refractivity contribution in [1.82, 2.24) is 4.90 Å². The molecule has 1 fully saturated rings. The van der Waals surface area contributed by atoms with Crippen LogP contribution in [0.25, 0.3) is 21.2 Å². The number of benzene rings is 3. The number of ether oxygens (including phenoxy) is 2. The molecule has 2 heterocycles. The highest BCUT2D eigenvalue weighted by Gasteiger charge is 2.58. The second kappa shape index (κ2) is 12.3. The first-order valence-corrected chi connectivity index (χ1v) is 14.4. The number of amides is 1. The van der Waals surface area contributed by atoms with Gasteiger partial charge in [-0.3, -0.25) is 9.59 Å². The maximum Gasteiger partial charge on any atom is 0.377 e. The van der Waals surface area contributed by atoms with E-state index in [1.165, 1.54) is 0 Å². The van der Waals surface area contributed by atoms with Crippen molar-refractivity contribution in [1.29, 1.82) is 0 Å². The van der Waals surface area contributed by atoms with E-state index in [4.69, 9.17) is 9.47 Å². The van der Waals surface area contributed by atoms with Crippen LogP contribution in [0.4, 0.5) is 0 Å². The summed E-state index contributed by atoms with van der Waals surface area (Å²) in [7, 11) is 0. The molecule has 1 amide bonds. The van der Waals surface area contributed by atoms with E-state index >= 15 is 0 Å². The molecule has 222 valence electrons. The summed E-state index contributed by atoms with van der Waals surface area (Å²) in [6.45, 7) is 0.352. The number of nitrogens with zero attached hydrogens (tertiary/aromatic N) is 1. The second-order valence-electron chi connectivity index (χ2n) is 10.3. The zero-order valence-corrected chi connectivity index (χ0v) is 23.9. The standard InChI is InChI=1S/C32H29NO9S/c1-19(33(16-28(34)35)29(36)26-17-41-32(42-26,30(37)38)31(39)40)25(15-23-18-43-27-10-6-5-9-24(23)27)22-13-11-21(12-14-22)20-7-3-2-4-8-20/h2-14,18-19,25-26H,15-17H2,1H3,(H,34,35)(H,37,38)(H,39,40). The van der Waals surface area contributed by atoms with Gasteiger partial charge in [0.2, 0.25) is 0 Å². The fraction of sp³-hybridized carbons (Fsp3) is 0.250. The largest absolute Gasteiger partial charge is 0.480 e. The summed E-state index contributed by atoms with van der Waals surface area (Å²) < 4.78 is 11.2. The van der Waals surface area contributed by atoms with E-state index in [2.05, 4.69) is 0 Å². The predicted octanol–water partition coefficient (Wildman–Crippen LogP) is 4.48. The molecule has 10 nitrogen and oxygen atoms in total. The van der Waals surface area contributed by atoms with E-state index in [1.807, 2.05) is 84.2 Å². The molecule has 0 bridgehead atoms. The minimum atomic E-state index is -3.05. The van der Waals surface area contributed by atoms with Crippen molar-refractivity contribution in [3.8, 4) is 11.1 Å². The number of hydrogen-bond acceptors (Lipinski definition) is 7. The van der Waals surface area contributed by atoms with Gasteiger partial charge in [0.25, 0.3) is 5.91 Å². The van der Waals surface area contributed by atoms with E-state index in [0.29, 0.717) is 6.42 Å². The first-order chi connectivity index (χ1) is 20.6. The molecule has 1 saturated heterocycles. The SMILES string of the molecule is CC(C(Cc1csc2ccccc12)c1ccc(-c2ccccc2)cc1)N(CC(=O)O)C(=O)C1COC(C(=O)O)(C(=O)O)O1. The maximum atomic E-state index is 13.7. The lowest BCUT2D eigenvalue weighted by molar-refractivity contribution is -0.218. The number of aliphatic carboxylic acids is 3. The van der Waals surface area contributed by atoms with Gasteiger partial charge in [0.05, 0.1) is 6.61 Å². The number of thiophene rings is 1. The number of hydrogen-bond donors (Lipinski definition) is 3. The van der Waals surface area contributed by atoms with Crippen LogP contribution in [0.3, 0.4) is 0 Å². The number of carboxylic acids is 3. The summed E-state index contributed by atoms with van der Waals surface area (Å²) in [6.07, 6.45) is -1.16. The van der Waals surface area contributed by atoms with Crippen LogP contribution < -0.4 is 0 Å². The van der Waals surface area contributed by atoms with Crippen LogP contribution in [0.5, 0.6) is 0 Å². The molecule has 3 unspecified atom stereocenters. The Morgan fingerprint density at radius 1 is 0.907 bits per heavy atom. The molecule has 0 radical (unpaired) electrons. The van der Waals surface area contributed by atoms with Gasteiger partial charge in [-0.2, -0.15) is 0 Å². The van der Waals surface area contributed by atoms with E-state index in [0.717, 1.165) is 37.2 Å². The number of carboxylic acid groups (broad SMARTS) is 3. The number of carbonyl (C=O) groups is 4. The van der Waals surface area contributed by atoms with Gasteiger partial charge in [0, 0.05) is 16.7 Å². The Labute approximate surface area is 250 Å². The van der Waals surface area contributed by atoms with Crippen molar-refractivity contribution in [2.45, 2.75) is 37.2 Å². The van der Waals surface area contributed by atoms with Crippen molar-refractivity contribution in [2.75, 3.05) is 13.2 Å². The zero-order chi connectivity index (χ0) is 30.7. The van der Waals surface area contributed by atoms with Crippen molar-refractivity contribution in [3.05, 3.63) is 95.4 Å². The van der Waals surface area contributed by atoms with E-state index in [-0.39, 0.29) is 0 Å². The normalized spacial score (nSPS) is 17.3. The molecule has 1 aliphatic rings. The highest BCUT2D eigenvalue weighted by Crippen LogP contribution is 2.35. The van der Waals surface area contributed by atoms with Gasteiger partial charge < -0.3 is 29.7 Å². The second-order valence-corrected chi connectivity index (χ2v) is 11.2. The third-order valence-corrected chi connectivity index (χ3v) is 8.71. The third kappa shape index (κ3) is 6.00. The topological polar surface area (TPSA) is 151 Å². The van der Waals surface area contributed by atoms with Gasteiger partial charge in [-0.1, -0.05) is 72.8 Å². The molecule has 3 aromatic carbocycles. The Kier molecular flexibility index (Phi) is 8.58. The van der Waals surface area contributed by atoms with Crippen molar-refractivity contribution >= 4 is 45.2 Å². The van der Waals surface area contributed by atoms with Gasteiger partial charge in [0.15, 0.2) is 6.10 Å². The van der Waals surface area contributed by atoms with Gasteiger partial charge in [-0.05, 0) is 52.4 Å². The third-order valence-electron chi connectivity index (χ3n) is 7.69. The summed E-state index contributed by atoms with van der Waals surface area (Å²) in [5, 5.41) is 31.8. The van der Waals surface area contributed by atoms with Crippen LogP contribution in [-0.2, 0) is 35.1 Å². The molecule has 0 saturated carbocycles. The first-order valence-electron chi connectivity index (χ1n) is 13.5. The van der Waals surface area contributed by atoms with Crippen LogP contribution >= 0.6 is 11.3 Å². The molecule has 1 aliphatic heterocycles. The Balaban J connectivity index is 1.51. The Morgan fingerprint density at radius 3 is 2.16 bits per heavy atom. The highest BCUT2D eigenvalue weighted by molar-refractivity contribution is 7.17. The fourth-order valence-electron chi connectivity index (χ4n) is 5.42. The fourth-order valence-corrected chi connectivity index (χ4v) is 6.39. The van der Waals surface area contributed by atoms with Gasteiger partial charge >= 0.3 is 23.7 Å². The maximum absolute atomic E-state index is 13.7. The molecular formula is C32H29NO9S. The average molecular weight is 604 g/mol. The van der Waals surface area contributed by atoms with Crippen molar-refractivity contribution in [3.63, 3.8) is 0 Å². The minimum Gasteiger partial charge on any atom is -0.480 e. The summed E-state index contributed by atoms with van der Waals surface area (Å²) >= 11 is 1.59. The van der Waals surface area contributed by atoms with Crippen LogP contribution in [0.15, 0.2) is 84.2 Å². The van der Waals surface area contributed by atoms with Gasteiger partial charge in [-0.25, -0.2) is 9.59 Å². The average Bonchev–Trinajstić information content (AvgIpc) is 3.65. The lowest BCUT2D eigenvalue weighted by atomic mass is 9.84. The van der Waals surface area contributed by atoms with E-state index in [9.17, 15) is 34.5 Å². The molecule has 43 heavy (non-hydrogen) atoms. The molecule has 4 aromatic rings. The molecule has 0 spiro atoms. The number of fused-ring (bicyclic) bond motifs is 1. The summed E-state index contributed by atoms with van der Waals surface area (Å²) in [4.78, 5) is 50.1. The van der Waals surface area contributed by atoms with Crippen molar-refractivity contribution in [2.24, 2.45) is 0 Å². The van der Waals surface area contributed by atoms with Crippen LogP contribution in [0.1, 0.15) is 24.0 Å². The molecule has 0 aliphatic carbocycles. The lowest BCUT2D eigenvalue weighted by Gasteiger charge is -2.35. The van der Waals surface area contributed by atoms with E-state index < -0.39 is 60.8 Å². The highest BCUT2D eigenvalue weighted by atomic mass is 32.1. The Morgan fingerprint density at radius 2 is 1.53 bits per heavy atom. The number of rotatable bonds is 11. The predicted molar refractivity (Wildman–Crippen MR) is 158 cm³/mol. The minimum absolute atomic E-state index is 0.392.